The van der Waals surface area contributed by atoms with Gasteiger partial charge in [0.15, 0.2) is 0 Å². The molecule has 0 saturated heterocycles. The van der Waals surface area contributed by atoms with Crippen molar-refractivity contribution in [3.63, 3.8) is 0 Å². The lowest BCUT2D eigenvalue weighted by molar-refractivity contribution is -0.143. The number of rotatable bonds is 6. The number of esters is 1. The second-order valence-electron chi connectivity index (χ2n) is 9.53. The lowest BCUT2D eigenvalue weighted by atomic mass is 9.65. The van der Waals surface area contributed by atoms with Gasteiger partial charge in [-0.1, -0.05) is 37.8 Å². The van der Waals surface area contributed by atoms with Crippen LogP contribution < -0.4 is 4.74 Å². The van der Waals surface area contributed by atoms with Crippen LogP contribution in [0.4, 0.5) is 0 Å². The van der Waals surface area contributed by atoms with Crippen molar-refractivity contribution in [2.24, 2.45) is 5.92 Å². The third kappa shape index (κ3) is 5.48. The van der Waals surface area contributed by atoms with E-state index in [1.807, 2.05) is 6.92 Å². The number of hydrogen-bond donors (Lipinski definition) is 0. The van der Waals surface area contributed by atoms with Crippen molar-refractivity contribution < 1.29 is 14.3 Å². The van der Waals surface area contributed by atoms with Gasteiger partial charge in [0.05, 0.1) is 18.1 Å². The highest BCUT2D eigenvalue weighted by Crippen LogP contribution is 2.48. The minimum Gasteiger partial charge on any atom is -0.486 e. The molecule has 1 aromatic heterocycles. The van der Waals surface area contributed by atoms with Crippen LogP contribution in [-0.2, 0) is 21.4 Å². The summed E-state index contributed by atoms with van der Waals surface area (Å²) in [5.74, 6) is 8.32. The van der Waals surface area contributed by atoms with Gasteiger partial charge in [-0.3, -0.25) is 4.79 Å². The van der Waals surface area contributed by atoms with E-state index in [2.05, 4.69) is 74.6 Å². The van der Waals surface area contributed by atoms with Crippen molar-refractivity contribution in [3.8, 4) is 17.6 Å². The maximum absolute atomic E-state index is 11.4. The minimum absolute atomic E-state index is 0.00718. The second-order valence-corrected chi connectivity index (χ2v) is 9.53. The summed E-state index contributed by atoms with van der Waals surface area (Å²) in [4.78, 5) is 20.3. The smallest absolute Gasteiger partial charge is 0.305 e. The lowest BCUT2D eigenvalue weighted by Gasteiger charge is -2.47. The summed E-state index contributed by atoms with van der Waals surface area (Å²) in [5.41, 5.74) is 2.60. The van der Waals surface area contributed by atoms with E-state index < -0.39 is 5.60 Å². The van der Waals surface area contributed by atoms with Crippen LogP contribution in [0.1, 0.15) is 76.4 Å². The molecule has 3 rings (SSSR count). The van der Waals surface area contributed by atoms with Gasteiger partial charge in [0.2, 0.25) is 0 Å². The highest BCUT2D eigenvalue weighted by Gasteiger charge is 2.48. The maximum Gasteiger partial charge on any atom is 0.305 e. The minimum atomic E-state index is -0.420. The molecule has 1 aromatic carbocycles. The van der Waals surface area contributed by atoms with Crippen LogP contribution in [-0.4, -0.2) is 28.1 Å². The summed E-state index contributed by atoms with van der Waals surface area (Å²) in [6, 6.07) is 6.41. The molecule has 1 atom stereocenters. The molecule has 1 aliphatic heterocycles. The summed E-state index contributed by atoms with van der Waals surface area (Å²) in [5, 5.41) is 0. The number of ether oxygens (including phenoxy) is 2. The first kappa shape index (κ1) is 23.8. The Morgan fingerprint density at radius 2 is 1.88 bits per heavy atom. The van der Waals surface area contributed by atoms with Gasteiger partial charge in [-0.05, 0) is 52.2 Å². The van der Waals surface area contributed by atoms with E-state index >= 15 is 0 Å². The first-order chi connectivity index (χ1) is 15.1. The summed E-state index contributed by atoms with van der Waals surface area (Å²) in [7, 11) is 0. The lowest BCUT2D eigenvalue weighted by Crippen LogP contribution is -2.50. The van der Waals surface area contributed by atoms with Gasteiger partial charge in [-0.2, -0.15) is 0 Å². The monoisotopic (exact) mass is 434 g/mol. The van der Waals surface area contributed by atoms with Crippen molar-refractivity contribution >= 4 is 5.97 Å². The van der Waals surface area contributed by atoms with E-state index in [1.54, 1.807) is 12.4 Å². The Hall–Kier alpha value is -2.87. The van der Waals surface area contributed by atoms with E-state index in [-0.39, 0.29) is 17.3 Å². The standard InChI is InChI=1S/C27H34N2O3/c1-7-31-25(30)11-9-8-10-24-28-17-20(18-29-24)13-15-23-26(3,4)21-14-12-19(2)16-22(21)32-27(23,5)6/h12,14,16-18,23H,7-11H2,1-6H3. The molecule has 0 radical (unpaired) electrons. The molecule has 32 heavy (non-hydrogen) atoms. The quantitative estimate of drug-likeness (QED) is 0.356. The van der Waals surface area contributed by atoms with Crippen molar-refractivity contribution in [1.82, 2.24) is 9.97 Å². The topological polar surface area (TPSA) is 61.3 Å². The Labute approximate surface area is 192 Å². The highest BCUT2D eigenvalue weighted by atomic mass is 16.5. The van der Waals surface area contributed by atoms with Crippen molar-refractivity contribution in [2.75, 3.05) is 6.61 Å². The largest absolute Gasteiger partial charge is 0.486 e. The molecule has 5 nitrogen and oxygen atoms in total. The summed E-state index contributed by atoms with van der Waals surface area (Å²) in [6.07, 6.45) is 6.36. The normalized spacial score (nSPS) is 18.0. The molecule has 1 unspecified atom stereocenters. The van der Waals surface area contributed by atoms with Gasteiger partial charge in [0, 0.05) is 36.2 Å². The van der Waals surface area contributed by atoms with E-state index in [0.717, 1.165) is 36.4 Å². The van der Waals surface area contributed by atoms with Gasteiger partial charge in [0.1, 0.15) is 17.2 Å². The van der Waals surface area contributed by atoms with Crippen LogP contribution >= 0.6 is 0 Å². The van der Waals surface area contributed by atoms with Crippen LogP contribution in [0.3, 0.4) is 0 Å². The third-order valence-electron chi connectivity index (χ3n) is 6.02. The van der Waals surface area contributed by atoms with Crippen molar-refractivity contribution in [2.45, 2.75) is 78.2 Å². The van der Waals surface area contributed by atoms with E-state index in [1.165, 1.54) is 11.1 Å². The van der Waals surface area contributed by atoms with Crippen LogP contribution in [0.25, 0.3) is 0 Å². The molecule has 1 aliphatic rings. The van der Waals surface area contributed by atoms with Crippen LogP contribution in [0, 0.1) is 24.7 Å². The van der Waals surface area contributed by atoms with E-state index in [4.69, 9.17) is 9.47 Å². The number of aromatic nitrogens is 2. The molecule has 0 fully saturated rings. The number of unbranched alkanes of at least 4 members (excludes halogenated alkanes) is 1. The predicted molar refractivity (Wildman–Crippen MR) is 126 cm³/mol. The number of nitrogens with zero attached hydrogens (tertiary/aromatic N) is 2. The van der Waals surface area contributed by atoms with Gasteiger partial charge in [-0.15, -0.1) is 0 Å². The molecule has 2 aromatic rings. The number of hydrogen-bond acceptors (Lipinski definition) is 5. The van der Waals surface area contributed by atoms with E-state index in [0.29, 0.717) is 13.0 Å². The molecule has 0 N–H and O–H groups in total. The third-order valence-corrected chi connectivity index (χ3v) is 6.02. The van der Waals surface area contributed by atoms with Crippen molar-refractivity contribution in [1.29, 1.82) is 0 Å². The van der Waals surface area contributed by atoms with Crippen LogP contribution in [0.2, 0.25) is 0 Å². The molecule has 2 heterocycles. The van der Waals surface area contributed by atoms with Gasteiger partial charge in [-0.25, -0.2) is 9.97 Å². The van der Waals surface area contributed by atoms with Crippen LogP contribution in [0.5, 0.6) is 5.75 Å². The zero-order chi connectivity index (χ0) is 23.4. The Balaban J connectivity index is 1.68. The average molecular weight is 435 g/mol. The molecule has 0 aliphatic carbocycles. The molecule has 0 saturated carbocycles. The molecule has 0 bridgehead atoms. The fourth-order valence-corrected chi connectivity index (χ4v) is 4.46. The van der Waals surface area contributed by atoms with Crippen molar-refractivity contribution in [3.05, 3.63) is 53.1 Å². The Morgan fingerprint density at radius 1 is 1.16 bits per heavy atom. The van der Waals surface area contributed by atoms with Crippen LogP contribution in [0.15, 0.2) is 30.6 Å². The molecular formula is C27H34N2O3. The number of benzene rings is 1. The zero-order valence-electron chi connectivity index (χ0n) is 20.1. The Bertz CT molecular complexity index is 1010. The Kier molecular flexibility index (Phi) is 7.23. The highest BCUT2D eigenvalue weighted by molar-refractivity contribution is 5.69. The summed E-state index contributed by atoms with van der Waals surface area (Å²) < 4.78 is 11.3. The SMILES string of the molecule is CCOC(=O)CCCCc1ncc(C#CC2C(C)(C)Oc3cc(C)ccc3C2(C)C)cn1. The fourth-order valence-electron chi connectivity index (χ4n) is 4.46. The molecule has 5 heteroatoms. The molecule has 0 amide bonds. The first-order valence-corrected chi connectivity index (χ1v) is 11.4. The van der Waals surface area contributed by atoms with Gasteiger partial charge < -0.3 is 9.47 Å². The molecule has 0 spiro atoms. The average Bonchev–Trinajstić information content (AvgIpc) is 2.71. The van der Waals surface area contributed by atoms with E-state index in [9.17, 15) is 4.79 Å². The number of fused-ring (bicyclic) bond motifs is 1. The zero-order valence-corrected chi connectivity index (χ0v) is 20.1. The number of carbonyl (C=O) groups is 1. The number of aryl methyl sites for hydroxylation is 2. The predicted octanol–water partition coefficient (Wildman–Crippen LogP) is 5.18. The maximum atomic E-state index is 11.4. The van der Waals surface area contributed by atoms with Gasteiger partial charge >= 0.3 is 5.97 Å². The first-order valence-electron chi connectivity index (χ1n) is 11.4. The number of carbonyl (C=O) groups excluding carboxylic acids is 1. The fraction of sp³-hybridized carbons (Fsp3) is 0.519. The second kappa shape index (κ2) is 9.73. The van der Waals surface area contributed by atoms with Gasteiger partial charge in [0.25, 0.3) is 0 Å². The molecular weight excluding hydrogens is 400 g/mol. The summed E-state index contributed by atoms with van der Waals surface area (Å²) >= 11 is 0. The Morgan fingerprint density at radius 3 is 2.56 bits per heavy atom. The summed E-state index contributed by atoms with van der Waals surface area (Å²) in [6.45, 7) is 13.0. The molecule has 170 valence electrons.